The maximum absolute atomic E-state index is 12.9. The minimum atomic E-state index is -0.176. The number of hydrogen-bond donors (Lipinski definition) is 0. The van der Waals surface area contributed by atoms with Gasteiger partial charge in [-0.15, -0.1) is 0 Å². The van der Waals surface area contributed by atoms with Gasteiger partial charge in [-0.25, -0.2) is 0 Å². The molecule has 1 atom stereocenters. The summed E-state index contributed by atoms with van der Waals surface area (Å²) >= 11 is 0. The molecule has 1 saturated carbocycles. The molecule has 0 N–H and O–H groups in total. The van der Waals surface area contributed by atoms with Crippen LogP contribution >= 0.6 is 0 Å². The lowest BCUT2D eigenvalue weighted by Gasteiger charge is -2.33. The average molecular weight is 281 g/mol. The Morgan fingerprint density at radius 3 is 2.50 bits per heavy atom. The van der Waals surface area contributed by atoms with Crippen molar-refractivity contribution < 1.29 is 14.3 Å². The molecule has 1 saturated heterocycles. The van der Waals surface area contributed by atoms with E-state index in [0.717, 1.165) is 38.5 Å². The third-order valence-electron chi connectivity index (χ3n) is 4.82. The predicted octanol–water partition coefficient (Wildman–Crippen LogP) is 2.61. The molecule has 0 radical (unpaired) electrons. The molecule has 0 aromatic heterocycles. The van der Waals surface area contributed by atoms with Crippen LogP contribution < -0.4 is 0 Å². The molecule has 0 aromatic carbocycles. The van der Waals surface area contributed by atoms with Crippen LogP contribution in [0.15, 0.2) is 0 Å². The van der Waals surface area contributed by atoms with E-state index < -0.39 is 0 Å². The number of carbonyl (C=O) groups excluding carboxylic acids is 2. The van der Waals surface area contributed by atoms with Gasteiger partial charge in [0.15, 0.2) is 0 Å². The van der Waals surface area contributed by atoms with Crippen molar-refractivity contribution in [1.29, 1.82) is 0 Å². The molecule has 2 fully saturated rings. The Morgan fingerprint density at radius 1 is 1.30 bits per heavy atom. The standard InChI is InChI=1S/C16H27NO3/c1-12(2)10-16(7-4-5-8-16)15(19)17-9-6-13(11-17)14(18)20-3/h12-13H,4-11H2,1-3H3. The molecule has 114 valence electrons. The highest BCUT2D eigenvalue weighted by atomic mass is 16.5. The fourth-order valence-corrected chi connectivity index (χ4v) is 3.98. The van der Waals surface area contributed by atoms with Crippen LogP contribution in [0.2, 0.25) is 0 Å². The number of likely N-dealkylation sites (tertiary alicyclic amines) is 1. The van der Waals surface area contributed by atoms with Crippen molar-refractivity contribution in [2.75, 3.05) is 20.2 Å². The molecule has 0 aromatic rings. The SMILES string of the molecule is COC(=O)C1CCN(C(=O)C2(CC(C)C)CCCC2)C1. The lowest BCUT2D eigenvalue weighted by Crippen LogP contribution is -2.42. The summed E-state index contributed by atoms with van der Waals surface area (Å²) in [6.45, 7) is 5.63. The Kier molecular flexibility index (Phi) is 4.71. The van der Waals surface area contributed by atoms with Crippen LogP contribution in [0.25, 0.3) is 0 Å². The van der Waals surface area contributed by atoms with Crippen LogP contribution in [0.1, 0.15) is 52.4 Å². The van der Waals surface area contributed by atoms with Gasteiger partial charge < -0.3 is 9.64 Å². The van der Waals surface area contributed by atoms with Gasteiger partial charge in [0.2, 0.25) is 5.91 Å². The van der Waals surface area contributed by atoms with Crippen molar-refractivity contribution in [3.63, 3.8) is 0 Å². The molecule has 4 heteroatoms. The Balaban J connectivity index is 2.04. The first-order valence-corrected chi connectivity index (χ1v) is 7.86. The second-order valence-corrected chi connectivity index (χ2v) is 6.85. The monoisotopic (exact) mass is 281 g/mol. The Labute approximate surface area is 121 Å². The molecule has 0 bridgehead atoms. The van der Waals surface area contributed by atoms with Crippen LogP contribution in [0.4, 0.5) is 0 Å². The summed E-state index contributed by atoms with van der Waals surface area (Å²) < 4.78 is 4.80. The van der Waals surface area contributed by atoms with Gasteiger partial charge in [-0.3, -0.25) is 9.59 Å². The molecule has 1 aliphatic heterocycles. The lowest BCUT2D eigenvalue weighted by molar-refractivity contribution is -0.146. The zero-order valence-corrected chi connectivity index (χ0v) is 13.0. The maximum atomic E-state index is 12.9. The lowest BCUT2D eigenvalue weighted by atomic mass is 9.77. The van der Waals surface area contributed by atoms with Crippen molar-refractivity contribution in [2.45, 2.75) is 52.4 Å². The first-order valence-electron chi connectivity index (χ1n) is 7.86. The van der Waals surface area contributed by atoms with Gasteiger partial charge in [-0.2, -0.15) is 0 Å². The second-order valence-electron chi connectivity index (χ2n) is 6.85. The van der Waals surface area contributed by atoms with Crippen LogP contribution in [0, 0.1) is 17.3 Å². The first kappa shape index (κ1) is 15.3. The summed E-state index contributed by atoms with van der Waals surface area (Å²) in [7, 11) is 1.42. The molecule has 1 heterocycles. The van der Waals surface area contributed by atoms with E-state index in [1.165, 1.54) is 7.11 Å². The van der Waals surface area contributed by atoms with Gasteiger partial charge in [0, 0.05) is 18.5 Å². The highest BCUT2D eigenvalue weighted by Crippen LogP contribution is 2.45. The average Bonchev–Trinajstić information content (AvgIpc) is 3.05. The smallest absolute Gasteiger partial charge is 0.310 e. The third-order valence-corrected chi connectivity index (χ3v) is 4.82. The molecule has 4 nitrogen and oxygen atoms in total. The normalized spacial score (nSPS) is 25.2. The zero-order valence-electron chi connectivity index (χ0n) is 13.0. The number of nitrogens with zero attached hydrogens (tertiary/aromatic N) is 1. The molecule has 0 spiro atoms. The molecule has 1 aliphatic carbocycles. The Hall–Kier alpha value is -1.06. The van der Waals surface area contributed by atoms with Crippen LogP contribution in [-0.2, 0) is 14.3 Å². The predicted molar refractivity (Wildman–Crippen MR) is 77.1 cm³/mol. The summed E-state index contributed by atoms with van der Waals surface area (Å²) in [5, 5.41) is 0. The number of hydrogen-bond acceptors (Lipinski definition) is 3. The van der Waals surface area contributed by atoms with Crippen molar-refractivity contribution in [3.8, 4) is 0 Å². The van der Waals surface area contributed by atoms with Crippen LogP contribution in [-0.4, -0.2) is 37.0 Å². The Morgan fingerprint density at radius 2 is 1.95 bits per heavy atom. The quantitative estimate of drug-likeness (QED) is 0.744. The summed E-state index contributed by atoms with van der Waals surface area (Å²) in [6, 6.07) is 0. The van der Waals surface area contributed by atoms with Gasteiger partial charge in [-0.1, -0.05) is 26.7 Å². The van der Waals surface area contributed by atoms with Gasteiger partial charge in [0.25, 0.3) is 0 Å². The molecule has 2 aliphatic rings. The fourth-order valence-electron chi connectivity index (χ4n) is 3.98. The molecular weight excluding hydrogens is 254 g/mol. The number of methoxy groups -OCH3 is 1. The van der Waals surface area contributed by atoms with Gasteiger partial charge in [0.1, 0.15) is 0 Å². The van der Waals surface area contributed by atoms with Gasteiger partial charge >= 0.3 is 5.97 Å². The topological polar surface area (TPSA) is 46.6 Å². The number of rotatable bonds is 4. The molecule has 20 heavy (non-hydrogen) atoms. The maximum Gasteiger partial charge on any atom is 0.310 e. The van der Waals surface area contributed by atoms with E-state index in [-0.39, 0.29) is 23.2 Å². The fraction of sp³-hybridized carbons (Fsp3) is 0.875. The van der Waals surface area contributed by atoms with Crippen LogP contribution in [0.3, 0.4) is 0 Å². The van der Waals surface area contributed by atoms with E-state index >= 15 is 0 Å². The van der Waals surface area contributed by atoms with E-state index in [9.17, 15) is 9.59 Å². The van der Waals surface area contributed by atoms with E-state index in [1.54, 1.807) is 0 Å². The third kappa shape index (κ3) is 2.99. The van der Waals surface area contributed by atoms with Crippen molar-refractivity contribution in [2.24, 2.45) is 17.3 Å². The summed E-state index contributed by atoms with van der Waals surface area (Å²) in [5.74, 6) is 0.525. The minimum absolute atomic E-state index is 0.124. The van der Waals surface area contributed by atoms with Gasteiger partial charge in [0.05, 0.1) is 13.0 Å². The van der Waals surface area contributed by atoms with Crippen LogP contribution in [0.5, 0.6) is 0 Å². The highest BCUT2D eigenvalue weighted by Gasteiger charge is 2.45. The number of amides is 1. The molecule has 1 amide bonds. The highest BCUT2D eigenvalue weighted by molar-refractivity contribution is 5.84. The largest absolute Gasteiger partial charge is 0.469 e. The van der Waals surface area contributed by atoms with E-state index in [4.69, 9.17) is 4.74 Å². The molecular formula is C16H27NO3. The minimum Gasteiger partial charge on any atom is -0.469 e. The number of carbonyl (C=O) groups is 2. The summed E-state index contributed by atoms with van der Waals surface area (Å²) in [4.78, 5) is 26.4. The molecule has 1 unspecified atom stereocenters. The van der Waals surface area contributed by atoms with Crippen molar-refractivity contribution in [1.82, 2.24) is 4.90 Å². The van der Waals surface area contributed by atoms with Crippen molar-refractivity contribution in [3.05, 3.63) is 0 Å². The second kappa shape index (κ2) is 6.15. The van der Waals surface area contributed by atoms with Gasteiger partial charge in [-0.05, 0) is 31.6 Å². The number of esters is 1. The van der Waals surface area contributed by atoms with E-state index in [2.05, 4.69) is 13.8 Å². The zero-order chi connectivity index (χ0) is 14.8. The van der Waals surface area contributed by atoms with E-state index in [0.29, 0.717) is 19.0 Å². The van der Waals surface area contributed by atoms with E-state index in [1.807, 2.05) is 4.90 Å². The Bertz CT molecular complexity index is 372. The first-order chi connectivity index (χ1) is 9.48. The summed E-state index contributed by atoms with van der Waals surface area (Å²) in [5.41, 5.74) is -0.154. The summed E-state index contributed by atoms with van der Waals surface area (Å²) in [6.07, 6.45) is 6.08. The number of ether oxygens (including phenoxy) is 1. The van der Waals surface area contributed by atoms with Crippen molar-refractivity contribution >= 4 is 11.9 Å². The molecule has 2 rings (SSSR count).